The molecule has 0 heterocycles. The van der Waals surface area contributed by atoms with Crippen LogP contribution in [0.5, 0.6) is 0 Å². The molecule has 0 aromatic carbocycles. The molecule has 0 aromatic rings. The molecule has 0 bridgehead atoms. The molecule has 1 radical (unpaired) electrons. The summed E-state index contributed by atoms with van der Waals surface area (Å²) in [4.78, 5) is 10.8. The van der Waals surface area contributed by atoms with Gasteiger partial charge in [-0.1, -0.05) is 71.6 Å². The molecule has 2 heteroatoms. The monoisotopic (exact) mass is 241 g/mol. The van der Waals surface area contributed by atoms with Crippen LogP contribution in [0.1, 0.15) is 77.6 Å². The number of carboxylic acid groups (broad SMARTS) is 1. The Morgan fingerprint density at radius 3 is 1.88 bits per heavy atom. The maximum Gasteiger partial charge on any atom is 0.306 e. The van der Waals surface area contributed by atoms with Gasteiger partial charge in [-0.15, -0.1) is 0 Å². The lowest BCUT2D eigenvalue weighted by atomic mass is 9.98. The molecule has 0 fully saturated rings. The van der Waals surface area contributed by atoms with E-state index in [9.17, 15) is 4.79 Å². The zero-order chi connectivity index (χ0) is 12.9. The normalized spacial score (nSPS) is 12.6. The van der Waals surface area contributed by atoms with E-state index in [4.69, 9.17) is 5.11 Å². The standard InChI is InChI=1S/C15H29O2/c1-3-5-6-7-8-9-10-11-12-13-14(4-2)15(16)17/h14H,1,3-13H2,2H3,(H,16,17). The van der Waals surface area contributed by atoms with Gasteiger partial charge < -0.3 is 5.11 Å². The second-order valence-electron chi connectivity index (χ2n) is 4.91. The minimum absolute atomic E-state index is 0.118. The predicted molar refractivity (Wildman–Crippen MR) is 72.9 cm³/mol. The van der Waals surface area contributed by atoms with Crippen molar-refractivity contribution in [3.63, 3.8) is 0 Å². The molecule has 2 nitrogen and oxygen atoms in total. The summed E-state index contributed by atoms with van der Waals surface area (Å²) in [5, 5.41) is 8.89. The molecule has 0 aliphatic rings. The summed E-state index contributed by atoms with van der Waals surface area (Å²) in [7, 11) is 0. The third-order valence-electron chi connectivity index (χ3n) is 3.39. The second-order valence-corrected chi connectivity index (χ2v) is 4.91. The minimum Gasteiger partial charge on any atom is -0.481 e. The van der Waals surface area contributed by atoms with Gasteiger partial charge in [0.2, 0.25) is 0 Å². The van der Waals surface area contributed by atoms with Crippen LogP contribution in [0.4, 0.5) is 0 Å². The van der Waals surface area contributed by atoms with Crippen molar-refractivity contribution in [3.8, 4) is 0 Å². The largest absolute Gasteiger partial charge is 0.481 e. The molecular formula is C15H29O2. The van der Waals surface area contributed by atoms with Gasteiger partial charge in [-0.2, -0.15) is 0 Å². The van der Waals surface area contributed by atoms with Gasteiger partial charge in [0.1, 0.15) is 0 Å². The van der Waals surface area contributed by atoms with Crippen LogP contribution in [0.15, 0.2) is 0 Å². The maximum atomic E-state index is 10.8. The molecule has 1 N–H and O–H groups in total. The van der Waals surface area contributed by atoms with Gasteiger partial charge in [0, 0.05) is 0 Å². The highest BCUT2D eigenvalue weighted by Gasteiger charge is 2.13. The third kappa shape index (κ3) is 10.3. The van der Waals surface area contributed by atoms with Crippen LogP contribution in [0.25, 0.3) is 0 Å². The Hall–Kier alpha value is -0.530. The van der Waals surface area contributed by atoms with Crippen molar-refractivity contribution < 1.29 is 9.90 Å². The number of carbonyl (C=O) groups is 1. The Morgan fingerprint density at radius 2 is 1.47 bits per heavy atom. The van der Waals surface area contributed by atoms with E-state index in [0.29, 0.717) is 0 Å². The average molecular weight is 241 g/mol. The molecule has 0 saturated heterocycles. The van der Waals surface area contributed by atoms with Crippen LogP contribution in [-0.4, -0.2) is 11.1 Å². The van der Waals surface area contributed by atoms with E-state index in [1.165, 1.54) is 44.9 Å². The molecule has 17 heavy (non-hydrogen) atoms. The van der Waals surface area contributed by atoms with E-state index in [0.717, 1.165) is 25.7 Å². The number of hydrogen-bond acceptors (Lipinski definition) is 1. The molecule has 0 rings (SSSR count). The number of carboxylic acids is 1. The summed E-state index contributed by atoms with van der Waals surface area (Å²) in [6, 6.07) is 0. The van der Waals surface area contributed by atoms with Crippen LogP contribution in [0, 0.1) is 12.8 Å². The highest BCUT2D eigenvalue weighted by Crippen LogP contribution is 2.15. The summed E-state index contributed by atoms with van der Waals surface area (Å²) in [6.45, 7) is 5.79. The molecular weight excluding hydrogens is 212 g/mol. The van der Waals surface area contributed by atoms with E-state index in [1.54, 1.807) is 0 Å². The zero-order valence-corrected chi connectivity index (χ0v) is 11.4. The van der Waals surface area contributed by atoms with E-state index >= 15 is 0 Å². The fraction of sp³-hybridized carbons (Fsp3) is 0.867. The number of rotatable bonds is 12. The lowest BCUT2D eigenvalue weighted by Crippen LogP contribution is -2.12. The highest BCUT2D eigenvalue weighted by molar-refractivity contribution is 5.69. The van der Waals surface area contributed by atoms with Crippen LogP contribution in [-0.2, 0) is 4.79 Å². The van der Waals surface area contributed by atoms with Crippen molar-refractivity contribution in [2.45, 2.75) is 77.6 Å². The molecule has 1 atom stereocenters. The lowest BCUT2D eigenvalue weighted by Gasteiger charge is -2.08. The maximum absolute atomic E-state index is 10.8. The number of unbranched alkanes of at least 4 members (excludes halogenated alkanes) is 8. The van der Waals surface area contributed by atoms with E-state index < -0.39 is 5.97 Å². The summed E-state index contributed by atoms with van der Waals surface area (Å²) < 4.78 is 0. The molecule has 101 valence electrons. The first-order valence-electron chi connectivity index (χ1n) is 7.24. The Kier molecular flexibility index (Phi) is 11.6. The van der Waals surface area contributed by atoms with Gasteiger partial charge in [0.15, 0.2) is 0 Å². The Balaban J connectivity index is 3.20. The van der Waals surface area contributed by atoms with E-state index in [1.807, 2.05) is 6.92 Å². The van der Waals surface area contributed by atoms with Gasteiger partial charge in [-0.25, -0.2) is 0 Å². The fourth-order valence-corrected chi connectivity index (χ4v) is 2.13. The lowest BCUT2D eigenvalue weighted by molar-refractivity contribution is -0.142. The summed E-state index contributed by atoms with van der Waals surface area (Å²) in [5.74, 6) is -0.743. The first kappa shape index (κ1) is 16.5. The van der Waals surface area contributed by atoms with Crippen LogP contribution >= 0.6 is 0 Å². The summed E-state index contributed by atoms with van der Waals surface area (Å²) in [6.07, 6.45) is 12.8. The summed E-state index contributed by atoms with van der Waals surface area (Å²) in [5.41, 5.74) is 0. The van der Waals surface area contributed by atoms with Gasteiger partial charge in [0.25, 0.3) is 0 Å². The minimum atomic E-state index is -0.624. The first-order chi connectivity index (χ1) is 8.22. The van der Waals surface area contributed by atoms with Crippen LogP contribution in [0.3, 0.4) is 0 Å². The third-order valence-corrected chi connectivity index (χ3v) is 3.39. The number of aliphatic carboxylic acids is 1. The number of hydrogen-bond donors (Lipinski definition) is 1. The van der Waals surface area contributed by atoms with Crippen molar-refractivity contribution in [3.05, 3.63) is 6.92 Å². The smallest absolute Gasteiger partial charge is 0.306 e. The molecule has 1 unspecified atom stereocenters. The second kappa shape index (κ2) is 11.9. The van der Waals surface area contributed by atoms with Crippen molar-refractivity contribution >= 4 is 5.97 Å². The van der Waals surface area contributed by atoms with Gasteiger partial charge in [-0.05, 0) is 12.8 Å². The quantitative estimate of drug-likeness (QED) is 0.497. The van der Waals surface area contributed by atoms with Crippen LogP contribution < -0.4 is 0 Å². The topological polar surface area (TPSA) is 37.3 Å². The molecule has 0 saturated carbocycles. The molecule has 0 aliphatic heterocycles. The van der Waals surface area contributed by atoms with Gasteiger partial charge >= 0.3 is 5.97 Å². The molecule has 0 spiro atoms. The fourth-order valence-electron chi connectivity index (χ4n) is 2.13. The van der Waals surface area contributed by atoms with Crippen LogP contribution in [0.2, 0.25) is 0 Å². The SMILES string of the molecule is [CH2]CCCCCCCCCCC(CC)C(=O)O. The molecule has 0 aliphatic carbocycles. The van der Waals surface area contributed by atoms with Gasteiger partial charge in [-0.3, -0.25) is 4.79 Å². The first-order valence-corrected chi connectivity index (χ1v) is 7.24. The highest BCUT2D eigenvalue weighted by atomic mass is 16.4. The molecule has 0 amide bonds. The predicted octanol–water partition coefficient (Wildman–Crippen LogP) is 4.83. The molecule has 0 aromatic heterocycles. The van der Waals surface area contributed by atoms with Crippen molar-refractivity contribution in [2.75, 3.05) is 0 Å². The van der Waals surface area contributed by atoms with E-state index in [-0.39, 0.29) is 5.92 Å². The zero-order valence-electron chi connectivity index (χ0n) is 11.4. The Labute approximate surface area is 107 Å². The van der Waals surface area contributed by atoms with Crippen molar-refractivity contribution in [1.82, 2.24) is 0 Å². The average Bonchev–Trinajstić information content (AvgIpc) is 2.31. The van der Waals surface area contributed by atoms with E-state index in [2.05, 4.69) is 6.92 Å². The summed E-state index contributed by atoms with van der Waals surface area (Å²) >= 11 is 0. The Bertz CT molecular complexity index is 178. The Morgan fingerprint density at radius 1 is 1.00 bits per heavy atom. The van der Waals surface area contributed by atoms with Gasteiger partial charge in [0.05, 0.1) is 5.92 Å². The van der Waals surface area contributed by atoms with Crippen molar-refractivity contribution in [2.24, 2.45) is 5.92 Å². The van der Waals surface area contributed by atoms with Crippen molar-refractivity contribution in [1.29, 1.82) is 0 Å².